The van der Waals surface area contributed by atoms with Gasteiger partial charge in [-0.15, -0.1) is 11.3 Å². The maximum atomic E-state index is 12.5. The summed E-state index contributed by atoms with van der Waals surface area (Å²) < 4.78 is 10.1. The van der Waals surface area contributed by atoms with Crippen molar-refractivity contribution < 1.29 is 24.0 Å². The predicted octanol–water partition coefficient (Wildman–Crippen LogP) is 3.06. The van der Waals surface area contributed by atoms with Crippen molar-refractivity contribution in [3.8, 4) is 11.5 Å². The molecule has 1 unspecified atom stereocenters. The molecule has 1 aromatic carbocycles. The van der Waals surface area contributed by atoms with Crippen LogP contribution in [-0.4, -0.2) is 23.9 Å². The predicted molar refractivity (Wildman–Crippen MR) is 98.6 cm³/mol. The lowest BCUT2D eigenvalue weighted by atomic mass is 10.0. The minimum absolute atomic E-state index is 0.0638. The van der Waals surface area contributed by atoms with Crippen molar-refractivity contribution in [1.82, 2.24) is 5.32 Å². The van der Waals surface area contributed by atoms with E-state index in [2.05, 4.69) is 10.6 Å². The number of anilines is 1. The zero-order chi connectivity index (χ0) is 19.9. The third-order valence-corrected chi connectivity index (χ3v) is 5.38. The van der Waals surface area contributed by atoms with Gasteiger partial charge in [0.15, 0.2) is 5.75 Å². The average Bonchev–Trinajstić information content (AvgIpc) is 2.88. The van der Waals surface area contributed by atoms with E-state index in [0.29, 0.717) is 10.6 Å². The van der Waals surface area contributed by atoms with Crippen molar-refractivity contribution in [2.24, 2.45) is 0 Å². The van der Waals surface area contributed by atoms with E-state index in [1.54, 1.807) is 0 Å². The molecule has 2 heterocycles. The fourth-order valence-electron chi connectivity index (χ4n) is 2.95. The summed E-state index contributed by atoms with van der Waals surface area (Å²) in [5, 5.41) is 18.2. The second kappa shape index (κ2) is 6.88. The van der Waals surface area contributed by atoms with Crippen LogP contribution in [-0.2, 0) is 4.79 Å². The van der Waals surface area contributed by atoms with Gasteiger partial charge in [-0.05, 0) is 31.5 Å². The first-order valence-corrected chi connectivity index (χ1v) is 8.77. The van der Waals surface area contributed by atoms with E-state index in [0.717, 1.165) is 10.4 Å². The third kappa shape index (κ3) is 3.19. The van der Waals surface area contributed by atoms with Crippen molar-refractivity contribution in [3.05, 3.63) is 43.8 Å². The van der Waals surface area contributed by atoms with Crippen LogP contribution in [0, 0.1) is 24.0 Å². The number of nitro groups is 1. The summed E-state index contributed by atoms with van der Waals surface area (Å²) in [6.45, 7) is 4.94. The zero-order valence-corrected chi connectivity index (χ0v) is 15.9. The van der Waals surface area contributed by atoms with Gasteiger partial charge in [-0.3, -0.25) is 19.7 Å². The van der Waals surface area contributed by atoms with Gasteiger partial charge in [0.25, 0.3) is 5.91 Å². The van der Waals surface area contributed by atoms with E-state index in [1.165, 1.54) is 37.5 Å². The molecule has 1 aromatic heterocycles. The molecular weight excluding hydrogens is 374 g/mol. The third-order valence-electron chi connectivity index (χ3n) is 4.24. The first-order valence-electron chi connectivity index (χ1n) is 7.95. The Balaban J connectivity index is 2.10. The van der Waals surface area contributed by atoms with Gasteiger partial charge in [-0.25, -0.2) is 0 Å². The van der Waals surface area contributed by atoms with Gasteiger partial charge in [-0.2, -0.15) is 0 Å². The van der Waals surface area contributed by atoms with E-state index in [4.69, 9.17) is 9.47 Å². The van der Waals surface area contributed by atoms with Gasteiger partial charge >= 0.3 is 11.7 Å². The summed E-state index contributed by atoms with van der Waals surface area (Å²) in [4.78, 5) is 35.9. The molecule has 10 heteroatoms. The van der Waals surface area contributed by atoms with Crippen LogP contribution in [0.3, 0.4) is 0 Å². The number of nitrogens with one attached hydrogen (secondary N) is 2. The van der Waals surface area contributed by atoms with Gasteiger partial charge in [0.2, 0.25) is 5.75 Å². The van der Waals surface area contributed by atoms with Gasteiger partial charge in [-0.1, -0.05) is 0 Å². The van der Waals surface area contributed by atoms with Crippen LogP contribution in [0.5, 0.6) is 11.5 Å². The van der Waals surface area contributed by atoms with Gasteiger partial charge in [0.05, 0.1) is 23.2 Å². The highest BCUT2D eigenvalue weighted by Gasteiger charge is 2.35. The monoisotopic (exact) mass is 391 g/mol. The normalized spacial score (nSPS) is 15.4. The Hall–Kier alpha value is -3.14. The molecule has 0 spiro atoms. The molecule has 0 radical (unpaired) electrons. The summed E-state index contributed by atoms with van der Waals surface area (Å²) in [5.74, 6) is -1.19. The molecule has 2 aromatic rings. The van der Waals surface area contributed by atoms with Crippen molar-refractivity contribution in [2.45, 2.75) is 26.9 Å². The van der Waals surface area contributed by atoms with Crippen molar-refractivity contribution >= 4 is 33.9 Å². The number of esters is 1. The summed E-state index contributed by atoms with van der Waals surface area (Å²) in [7, 11) is 1.25. The molecule has 27 heavy (non-hydrogen) atoms. The number of carbonyl (C=O) groups excluding carboxylic acids is 2. The molecule has 0 fully saturated rings. The number of hydrogen-bond donors (Lipinski definition) is 2. The number of benzene rings is 1. The number of carbonyl (C=O) groups is 2. The Morgan fingerprint density at radius 3 is 2.59 bits per heavy atom. The van der Waals surface area contributed by atoms with Crippen LogP contribution in [0.1, 0.15) is 39.5 Å². The van der Waals surface area contributed by atoms with Crippen molar-refractivity contribution in [3.63, 3.8) is 0 Å². The molecule has 1 aliphatic heterocycles. The smallest absolute Gasteiger partial charge is 0.322 e. The summed E-state index contributed by atoms with van der Waals surface area (Å²) in [6, 6.07) is 2.83. The Morgan fingerprint density at radius 2 is 2.00 bits per heavy atom. The van der Waals surface area contributed by atoms with Gasteiger partial charge < -0.3 is 20.1 Å². The molecule has 0 saturated carbocycles. The summed E-state index contributed by atoms with van der Waals surface area (Å²) >= 11 is 1.41. The SMILES string of the molecule is COc1c(OC(C)=O)ccc(C2NC(=O)c3c(sc(C)c3C)N2)c1[N+](=O)[O-]. The van der Waals surface area contributed by atoms with E-state index >= 15 is 0 Å². The van der Waals surface area contributed by atoms with E-state index in [-0.39, 0.29) is 28.7 Å². The molecule has 1 atom stereocenters. The second-order valence-corrected chi connectivity index (χ2v) is 7.15. The lowest BCUT2D eigenvalue weighted by molar-refractivity contribution is -0.386. The molecule has 0 saturated heterocycles. The number of nitrogens with zero attached hydrogens (tertiary/aromatic N) is 1. The lowest BCUT2D eigenvalue weighted by Crippen LogP contribution is -2.38. The Kier molecular flexibility index (Phi) is 4.75. The number of ether oxygens (including phenoxy) is 2. The zero-order valence-electron chi connectivity index (χ0n) is 15.0. The minimum atomic E-state index is -0.830. The largest absolute Gasteiger partial charge is 0.488 e. The quantitative estimate of drug-likeness (QED) is 0.356. The van der Waals surface area contributed by atoms with Crippen molar-refractivity contribution in [1.29, 1.82) is 0 Å². The van der Waals surface area contributed by atoms with Gasteiger partial charge in [0.1, 0.15) is 11.2 Å². The van der Waals surface area contributed by atoms with Crippen LogP contribution < -0.4 is 20.1 Å². The minimum Gasteiger partial charge on any atom is -0.488 e. The van der Waals surface area contributed by atoms with Crippen LogP contribution >= 0.6 is 11.3 Å². The first kappa shape index (κ1) is 18.6. The number of amides is 1. The topological polar surface area (TPSA) is 120 Å². The molecule has 2 N–H and O–H groups in total. The Morgan fingerprint density at radius 1 is 1.30 bits per heavy atom. The van der Waals surface area contributed by atoms with E-state index in [9.17, 15) is 19.7 Å². The number of nitro benzene ring substituents is 1. The average molecular weight is 391 g/mol. The fourth-order valence-corrected chi connectivity index (χ4v) is 4.04. The van der Waals surface area contributed by atoms with Crippen LogP contribution in [0.4, 0.5) is 10.7 Å². The number of aryl methyl sites for hydroxylation is 1. The second-order valence-electron chi connectivity index (χ2n) is 5.92. The number of thiophene rings is 1. The summed E-state index contributed by atoms with van der Waals surface area (Å²) in [5.41, 5.74) is 1.22. The van der Waals surface area contributed by atoms with E-state index in [1.807, 2.05) is 13.8 Å². The molecule has 3 rings (SSSR count). The van der Waals surface area contributed by atoms with Crippen LogP contribution in [0.2, 0.25) is 0 Å². The maximum absolute atomic E-state index is 12.5. The molecule has 1 aliphatic rings. The highest BCUT2D eigenvalue weighted by atomic mass is 32.1. The highest BCUT2D eigenvalue weighted by Crippen LogP contribution is 2.44. The molecule has 9 nitrogen and oxygen atoms in total. The van der Waals surface area contributed by atoms with Gasteiger partial charge in [0, 0.05) is 11.8 Å². The highest BCUT2D eigenvalue weighted by molar-refractivity contribution is 7.16. The van der Waals surface area contributed by atoms with Crippen LogP contribution in [0.15, 0.2) is 12.1 Å². The standard InChI is InChI=1S/C17H17N3O6S/c1-7-8(2)27-17-12(7)16(22)18-15(19-17)10-5-6-11(26-9(3)21)14(25-4)13(10)20(23)24/h5-6,15,19H,1-4H3,(H,18,22). The molecule has 1 amide bonds. The number of methoxy groups -OCH3 is 1. The Bertz CT molecular complexity index is 968. The fraction of sp³-hybridized carbons (Fsp3) is 0.294. The molecule has 0 aliphatic carbocycles. The van der Waals surface area contributed by atoms with Crippen molar-refractivity contribution in [2.75, 3.05) is 12.4 Å². The maximum Gasteiger partial charge on any atom is 0.322 e. The number of rotatable bonds is 4. The molecular formula is C17H17N3O6S. The summed E-state index contributed by atoms with van der Waals surface area (Å²) in [6.07, 6.45) is -0.830. The number of fused-ring (bicyclic) bond motifs is 1. The Labute approximate surface area is 158 Å². The molecule has 0 bridgehead atoms. The number of hydrogen-bond acceptors (Lipinski definition) is 8. The first-order chi connectivity index (χ1) is 12.7. The van der Waals surface area contributed by atoms with E-state index < -0.39 is 17.1 Å². The lowest BCUT2D eigenvalue weighted by Gasteiger charge is -2.26. The van der Waals surface area contributed by atoms with Crippen LogP contribution in [0.25, 0.3) is 0 Å². The molecule has 142 valence electrons.